The Morgan fingerprint density at radius 2 is 1.77 bits per heavy atom. The van der Waals surface area contributed by atoms with Crippen LogP contribution in [0.3, 0.4) is 0 Å². The largest absolute Gasteiger partial charge is 0.356 e. The molecular weight excluding hydrogens is 439 g/mol. The van der Waals surface area contributed by atoms with Crippen LogP contribution in [0.15, 0.2) is 47.7 Å². The van der Waals surface area contributed by atoms with Gasteiger partial charge in [0.15, 0.2) is 5.96 Å². The number of nitrogens with one attached hydrogen (secondary N) is 3. The van der Waals surface area contributed by atoms with Crippen molar-refractivity contribution in [3.63, 3.8) is 0 Å². The molecule has 3 N–H and O–H groups in total. The monoisotopic (exact) mass is 470 g/mol. The normalized spacial score (nSPS) is 11.8. The van der Waals surface area contributed by atoms with Gasteiger partial charge in [-0.1, -0.05) is 12.1 Å². The Labute approximate surface area is 173 Å². The van der Waals surface area contributed by atoms with Crippen LogP contribution in [0.25, 0.3) is 5.69 Å². The molecule has 0 bridgehead atoms. The van der Waals surface area contributed by atoms with Crippen LogP contribution >= 0.6 is 24.0 Å². The number of rotatable bonds is 7. The summed E-state index contributed by atoms with van der Waals surface area (Å²) in [6, 6.07) is 10.4. The molecule has 0 aliphatic rings. The molecule has 7 heteroatoms. The van der Waals surface area contributed by atoms with E-state index < -0.39 is 0 Å². The van der Waals surface area contributed by atoms with Crippen LogP contribution in [0.5, 0.6) is 0 Å². The van der Waals surface area contributed by atoms with E-state index in [9.17, 15) is 0 Å². The molecule has 0 amide bonds. The minimum absolute atomic E-state index is 0. The highest BCUT2D eigenvalue weighted by molar-refractivity contribution is 14.0. The number of hydrogen-bond acceptors (Lipinski definition) is 3. The number of aliphatic imine (C=N–C) groups is 1. The van der Waals surface area contributed by atoms with Gasteiger partial charge in [-0.2, -0.15) is 5.10 Å². The second-order valence-corrected chi connectivity index (χ2v) is 6.97. The average molecular weight is 470 g/mol. The Morgan fingerprint density at radius 1 is 1.08 bits per heavy atom. The fourth-order valence-electron chi connectivity index (χ4n) is 2.40. The molecule has 1 aromatic heterocycles. The first-order valence-corrected chi connectivity index (χ1v) is 8.76. The van der Waals surface area contributed by atoms with Crippen molar-refractivity contribution in [1.82, 2.24) is 25.7 Å². The van der Waals surface area contributed by atoms with Crippen molar-refractivity contribution in [2.75, 3.05) is 26.7 Å². The van der Waals surface area contributed by atoms with Gasteiger partial charge in [0.05, 0.1) is 5.69 Å². The van der Waals surface area contributed by atoms with Gasteiger partial charge in [-0.3, -0.25) is 4.99 Å². The SMILES string of the molecule is CN=C(NCCNC(C)(C)C)NCCc1ccc(-n2cccn2)cc1.I. The summed E-state index contributed by atoms with van der Waals surface area (Å²) in [7, 11) is 1.80. The maximum atomic E-state index is 4.26. The van der Waals surface area contributed by atoms with Crippen LogP contribution in [0, 0.1) is 0 Å². The van der Waals surface area contributed by atoms with Crippen molar-refractivity contribution in [2.45, 2.75) is 32.7 Å². The van der Waals surface area contributed by atoms with Gasteiger partial charge >= 0.3 is 0 Å². The standard InChI is InChI=1S/C19H30N6.HI/c1-19(2,3)23-14-13-22-18(20-4)21-12-10-16-6-8-17(9-7-16)25-15-5-11-24-25;/h5-9,11,15,23H,10,12-14H2,1-4H3,(H2,20,21,22);1H. The predicted octanol–water partition coefficient (Wildman–Crippen LogP) is 2.59. The molecule has 1 aromatic carbocycles. The van der Waals surface area contributed by atoms with Gasteiger partial charge in [-0.05, 0) is 51.0 Å². The molecule has 144 valence electrons. The van der Waals surface area contributed by atoms with E-state index in [2.05, 4.69) is 71.1 Å². The number of guanidine groups is 1. The number of nitrogens with zero attached hydrogens (tertiary/aromatic N) is 3. The molecule has 26 heavy (non-hydrogen) atoms. The maximum absolute atomic E-state index is 4.26. The lowest BCUT2D eigenvalue weighted by Crippen LogP contribution is -2.44. The number of benzene rings is 1. The summed E-state index contributed by atoms with van der Waals surface area (Å²) >= 11 is 0. The van der Waals surface area contributed by atoms with Crippen LogP contribution in [0.2, 0.25) is 0 Å². The van der Waals surface area contributed by atoms with Gasteiger partial charge < -0.3 is 16.0 Å². The zero-order valence-corrected chi connectivity index (χ0v) is 18.5. The van der Waals surface area contributed by atoms with Gasteiger partial charge in [-0.25, -0.2) is 4.68 Å². The Hall–Kier alpha value is -1.61. The first kappa shape index (κ1) is 22.4. The summed E-state index contributed by atoms with van der Waals surface area (Å²) in [5.74, 6) is 0.837. The summed E-state index contributed by atoms with van der Waals surface area (Å²) < 4.78 is 1.86. The highest BCUT2D eigenvalue weighted by Gasteiger charge is 2.07. The molecule has 0 unspecified atom stereocenters. The fraction of sp³-hybridized carbons (Fsp3) is 0.474. The Bertz CT molecular complexity index is 644. The van der Waals surface area contributed by atoms with Crippen LogP contribution in [-0.2, 0) is 6.42 Å². The lowest BCUT2D eigenvalue weighted by molar-refractivity contribution is 0.428. The fourth-order valence-corrected chi connectivity index (χ4v) is 2.40. The van der Waals surface area contributed by atoms with E-state index in [0.717, 1.165) is 37.7 Å². The molecule has 0 spiro atoms. The van der Waals surface area contributed by atoms with Gasteiger partial charge in [0.1, 0.15) is 0 Å². The van der Waals surface area contributed by atoms with Crippen LogP contribution in [-0.4, -0.2) is 48.0 Å². The van der Waals surface area contributed by atoms with Crippen LogP contribution in [0.1, 0.15) is 26.3 Å². The van der Waals surface area contributed by atoms with E-state index in [4.69, 9.17) is 0 Å². The molecule has 0 saturated heterocycles. The Kier molecular flexibility index (Phi) is 9.64. The van der Waals surface area contributed by atoms with Crippen molar-refractivity contribution in [3.05, 3.63) is 48.3 Å². The molecule has 1 heterocycles. The van der Waals surface area contributed by atoms with Gasteiger partial charge in [0.2, 0.25) is 0 Å². The summed E-state index contributed by atoms with van der Waals surface area (Å²) in [6.45, 7) is 9.08. The first-order valence-electron chi connectivity index (χ1n) is 8.76. The van der Waals surface area contributed by atoms with Gasteiger partial charge in [0, 0.05) is 44.6 Å². The summed E-state index contributed by atoms with van der Waals surface area (Å²) in [5, 5.41) is 14.4. The zero-order valence-electron chi connectivity index (χ0n) is 16.1. The molecule has 2 aromatic rings. The van der Waals surface area contributed by atoms with Crippen molar-refractivity contribution in [3.8, 4) is 5.69 Å². The van der Waals surface area contributed by atoms with Crippen molar-refractivity contribution < 1.29 is 0 Å². The van der Waals surface area contributed by atoms with E-state index >= 15 is 0 Å². The van der Waals surface area contributed by atoms with E-state index in [0.29, 0.717) is 0 Å². The molecule has 0 aliphatic carbocycles. The second kappa shape index (κ2) is 11.2. The third-order valence-corrected chi connectivity index (χ3v) is 3.71. The highest BCUT2D eigenvalue weighted by Crippen LogP contribution is 2.08. The third kappa shape index (κ3) is 8.18. The van der Waals surface area contributed by atoms with E-state index in [-0.39, 0.29) is 29.5 Å². The molecule has 0 aliphatic heterocycles. The molecular formula is C19H31IN6. The molecule has 0 fully saturated rings. The Balaban J connectivity index is 0.00000338. The number of halogens is 1. The minimum atomic E-state index is 0. The lowest BCUT2D eigenvalue weighted by Gasteiger charge is -2.21. The molecule has 0 atom stereocenters. The van der Waals surface area contributed by atoms with Gasteiger partial charge in [-0.15, -0.1) is 24.0 Å². The second-order valence-electron chi connectivity index (χ2n) is 6.97. The van der Waals surface area contributed by atoms with Crippen LogP contribution in [0.4, 0.5) is 0 Å². The quantitative estimate of drug-likeness (QED) is 0.252. The molecule has 2 rings (SSSR count). The lowest BCUT2D eigenvalue weighted by atomic mass is 10.1. The minimum Gasteiger partial charge on any atom is -0.356 e. The van der Waals surface area contributed by atoms with Crippen molar-refractivity contribution in [1.29, 1.82) is 0 Å². The van der Waals surface area contributed by atoms with Crippen molar-refractivity contribution in [2.24, 2.45) is 4.99 Å². The predicted molar refractivity (Wildman–Crippen MR) is 120 cm³/mol. The average Bonchev–Trinajstić information content (AvgIpc) is 3.11. The highest BCUT2D eigenvalue weighted by atomic mass is 127. The van der Waals surface area contributed by atoms with Gasteiger partial charge in [0.25, 0.3) is 0 Å². The molecule has 0 saturated carbocycles. The number of hydrogen-bond donors (Lipinski definition) is 3. The van der Waals surface area contributed by atoms with E-state index in [1.54, 1.807) is 13.2 Å². The third-order valence-electron chi connectivity index (χ3n) is 3.71. The smallest absolute Gasteiger partial charge is 0.191 e. The molecule has 6 nitrogen and oxygen atoms in total. The zero-order chi connectivity index (χ0) is 18.1. The summed E-state index contributed by atoms with van der Waals surface area (Å²) in [4.78, 5) is 4.26. The molecule has 0 radical (unpaired) electrons. The summed E-state index contributed by atoms with van der Waals surface area (Å²) in [5.41, 5.74) is 2.50. The van der Waals surface area contributed by atoms with Crippen molar-refractivity contribution >= 4 is 29.9 Å². The van der Waals surface area contributed by atoms with E-state index in [1.165, 1.54) is 5.56 Å². The summed E-state index contributed by atoms with van der Waals surface area (Å²) in [6.07, 6.45) is 4.68. The van der Waals surface area contributed by atoms with Crippen LogP contribution < -0.4 is 16.0 Å². The first-order chi connectivity index (χ1) is 12.0. The maximum Gasteiger partial charge on any atom is 0.191 e. The van der Waals surface area contributed by atoms with E-state index in [1.807, 2.05) is 16.9 Å². The topological polar surface area (TPSA) is 66.3 Å². The Morgan fingerprint density at radius 3 is 2.35 bits per heavy atom. The number of aromatic nitrogens is 2.